The van der Waals surface area contributed by atoms with E-state index in [4.69, 9.17) is 10.2 Å². The Morgan fingerprint density at radius 2 is 2.05 bits per heavy atom. The minimum atomic E-state index is -1.14. The van der Waals surface area contributed by atoms with E-state index in [-0.39, 0.29) is 18.9 Å². The average Bonchev–Trinajstić information content (AvgIpc) is 2.46. The van der Waals surface area contributed by atoms with Gasteiger partial charge in [-0.2, -0.15) is 0 Å². The molecule has 0 saturated heterocycles. The largest absolute Gasteiger partial charge is 0.480 e. The van der Waals surface area contributed by atoms with Crippen LogP contribution in [0.25, 0.3) is 0 Å². The highest BCUT2D eigenvalue weighted by Crippen LogP contribution is 2.16. The minimum absolute atomic E-state index is 0.00435. The quantitative estimate of drug-likeness (QED) is 0.590. The molecule has 1 unspecified atom stereocenters. The van der Waals surface area contributed by atoms with E-state index >= 15 is 0 Å². The first-order valence-corrected chi connectivity index (χ1v) is 6.56. The van der Waals surface area contributed by atoms with Crippen molar-refractivity contribution in [2.45, 2.75) is 31.5 Å². The summed E-state index contributed by atoms with van der Waals surface area (Å²) in [4.78, 5) is 23.0. The number of hydrogen-bond donors (Lipinski definition) is 4. The summed E-state index contributed by atoms with van der Waals surface area (Å²) in [6.45, 7) is 0.310. The van der Waals surface area contributed by atoms with Gasteiger partial charge in [-0.1, -0.05) is 24.3 Å². The second-order valence-corrected chi connectivity index (χ2v) is 4.82. The lowest BCUT2D eigenvalue weighted by Crippen LogP contribution is -2.52. The van der Waals surface area contributed by atoms with Crippen molar-refractivity contribution in [3.63, 3.8) is 0 Å². The summed E-state index contributed by atoms with van der Waals surface area (Å²) in [6, 6.07) is 6.35. The molecule has 0 bridgehead atoms. The van der Waals surface area contributed by atoms with E-state index < -0.39 is 18.1 Å². The SMILES string of the molecule is O=C(N[C@H](CCO)C(=O)O)C1Cc2ccccc2CN1. The van der Waals surface area contributed by atoms with Gasteiger partial charge in [0.05, 0.1) is 6.04 Å². The van der Waals surface area contributed by atoms with Crippen LogP contribution in [0.4, 0.5) is 0 Å². The van der Waals surface area contributed by atoms with Gasteiger partial charge in [0.1, 0.15) is 6.04 Å². The van der Waals surface area contributed by atoms with E-state index in [9.17, 15) is 9.59 Å². The molecule has 4 N–H and O–H groups in total. The fourth-order valence-electron chi connectivity index (χ4n) is 2.30. The van der Waals surface area contributed by atoms with E-state index in [0.717, 1.165) is 11.1 Å². The van der Waals surface area contributed by atoms with Crippen LogP contribution in [-0.4, -0.2) is 40.8 Å². The second kappa shape index (κ2) is 6.49. The highest BCUT2D eigenvalue weighted by molar-refractivity contribution is 5.87. The molecule has 0 saturated carbocycles. The first-order chi connectivity index (χ1) is 9.61. The lowest BCUT2D eigenvalue weighted by molar-refractivity contribution is -0.142. The number of carboxylic acid groups (broad SMARTS) is 1. The lowest BCUT2D eigenvalue weighted by atomic mass is 9.95. The van der Waals surface area contributed by atoms with E-state index in [0.29, 0.717) is 13.0 Å². The zero-order chi connectivity index (χ0) is 14.5. The Morgan fingerprint density at radius 1 is 1.35 bits per heavy atom. The lowest BCUT2D eigenvalue weighted by Gasteiger charge is -2.26. The Balaban J connectivity index is 1.99. The van der Waals surface area contributed by atoms with Crippen molar-refractivity contribution in [1.29, 1.82) is 0 Å². The molecule has 0 aromatic heterocycles. The van der Waals surface area contributed by atoms with Crippen molar-refractivity contribution in [2.75, 3.05) is 6.61 Å². The summed E-state index contributed by atoms with van der Waals surface area (Å²) in [7, 11) is 0. The predicted octanol–water partition coefficient (Wildman–Crippen LogP) is -0.347. The van der Waals surface area contributed by atoms with Gasteiger partial charge in [0.2, 0.25) is 5.91 Å². The molecule has 20 heavy (non-hydrogen) atoms. The van der Waals surface area contributed by atoms with Gasteiger partial charge >= 0.3 is 5.97 Å². The molecule has 2 rings (SSSR count). The van der Waals surface area contributed by atoms with Crippen molar-refractivity contribution in [3.05, 3.63) is 35.4 Å². The molecule has 0 spiro atoms. The number of aliphatic hydroxyl groups excluding tert-OH is 1. The van der Waals surface area contributed by atoms with Crippen LogP contribution in [0.2, 0.25) is 0 Å². The molecule has 108 valence electrons. The molecule has 6 nitrogen and oxygen atoms in total. The number of fused-ring (bicyclic) bond motifs is 1. The van der Waals surface area contributed by atoms with Gasteiger partial charge in [0.15, 0.2) is 0 Å². The highest BCUT2D eigenvalue weighted by Gasteiger charge is 2.27. The monoisotopic (exact) mass is 278 g/mol. The molecule has 1 heterocycles. The van der Waals surface area contributed by atoms with Crippen molar-refractivity contribution in [2.24, 2.45) is 0 Å². The summed E-state index contributed by atoms with van der Waals surface area (Å²) in [5.41, 5.74) is 2.25. The molecule has 0 aliphatic carbocycles. The molecule has 1 aromatic rings. The van der Waals surface area contributed by atoms with E-state index in [1.807, 2.05) is 24.3 Å². The minimum Gasteiger partial charge on any atom is -0.480 e. The van der Waals surface area contributed by atoms with Gasteiger partial charge in [0, 0.05) is 19.6 Å². The zero-order valence-electron chi connectivity index (χ0n) is 11.0. The molecule has 1 aliphatic heterocycles. The number of rotatable bonds is 5. The summed E-state index contributed by atoms with van der Waals surface area (Å²) in [6.07, 6.45) is 0.540. The van der Waals surface area contributed by atoms with Crippen LogP contribution in [0.15, 0.2) is 24.3 Å². The maximum atomic E-state index is 12.1. The number of benzene rings is 1. The third-order valence-corrected chi connectivity index (χ3v) is 3.43. The predicted molar refractivity (Wildman–Crippen MR) is 72.0 cm³/mol. The van der Waals surface area contributed by atoms with E-state index in [1.54, 1.807) is 0 Å². The van der Waals surface area contributed by atoms with Crippen LogP contribution in [-0.2, 0) is 22.6 Å². The summed E-state index contributed by atoms with van der Waals surface area (Å²) < 4.78 is 0. The van der Waals surface area contributed by atoms with E-state index in [2.05, 4.69) is 10.6 Å². The van der Waals surface area contributed by atoms with Crippen molar-refractivity contribution in [3.8, 4) is 0 Å². The Kier molecular flexibility index (Phi) is 4.70. The summed E-state index contributed by atoms with van der Waals surface area (Å²) in [5.74, 6) is -1.48. The molecular weight excluding hydrogens is 260 g/mol. The van der Waals surface area contributed by atoms with Crippen LogP contribution in [0.3, 0.4) is 0 Å². The van der Waals surface area contributed by atoms with Gasteiger partial charge in [-0.15, -0.1) is 0 Å². The van der Waals surface area contributed by atoms with Crippen molar-refractivity contribution < 1.29 is 19.8 Å². The van der Waals surface area contributed by atoms with Gasteiger partial charge < -0.3 is 20.8 Å². The molecule has 6 heteroatoms. The number of carbonyl (C=O) groups excluding carboxylic acids is 1. The maximum Gasteiger partial charge on any atom is 0.326 e. The maximum absolute atomic E-state index is 12.1. The molecule has 0 fully saturated rings. The van der Waals surface area contributed by atoms with Gasteiger partial charge in [-0.25, -0.2) is 4.79 Å². The van der Waals surface area contributed by atoms with Gasteiger partial charge in [-0.05, 0) is 17.5 Å². The zero-order valence-corrected chi connectivity index (χ0v) is 11.0. The second-order valence-electron chi connectivity index (χ2n) is 4.82. The number of aliphatic hydroxyl groups is 1. The fraction of sp³-hybridized carbons (Fsp3) is 0.429. The fourth-order valence-corrected chi connectivity index (χ4v) is 2.30. The average molecular weight is 278 g/mol. The first-order valence-electron chi connectivity index (χ1n) is 6.56. The number of aliphatic carboxylic acids is 1. The van der Waals surface area contributed by atoms with Gasteiger partial charge in [-0.3, -0.25) is 4.79 Å². The van der Waals surface area contributed by atoms with Crippen molar-refractivity contribution >= 4 is 11.9 Å². The van der Waals surface area contributed by atoms with Crippen LogP contribution in [0.1, 0.15) is 17.5 Å². The molecular formula is C14H18N2O4. The Labute approximate surface area is 116 Å². The number of carboxylic acids is 1. The van der Waals surface area contributed by atoms with Crippen molar-refractivity contribution in [1.82, 2.24) is 10.6 Å². The number of hydrogen-bond acceptors (Lipinski definition) is 4. The molecule has 1 amide bonds. The normalized spacial score (nSPS) is 18.9. The number of amides is 1. The molecule has 2 atom stereocenters. The smallest absolute Gasteiger partial charge is 0.326 e. The Hall–Kier alpha value is -1.92. The molecule has 1 aromatic carbocycles. The standard InChI is InChI=1S/C14H18N2O4/c17-6-5-11(14(19)20)16-13(18)12-7-9-3-1-2-4-10(9)8-15-12/h1-4,11-12,15,17H,5-8H2,(H,16,18)(H,19,20)/t11-,12?/m1/s1. The van der Waals surface area contributed by atoms with Crippen LogP contribution < -0.4 is 10.6 Å². The van der Waals surface area contributed by atoms with E-state index in [1.165, 1.54) is 0 Å². The first kappa shape index (κ1) is 14.5. The summed E-state index contributed by atoms with van der Waals surface area (Å²) in [5, 5.41) is 23.3. The highest BCUT2D eigenvalue weighted by atomic mass is 16.4. The van der Waals surface area contributed by atoms with Gasteiger partial charge in [0.25, 0.3) is 0 Å². The van der Waals surface area contributed by atoms with Crippen LogP contribution >= 0.6 is 0 Å². The topological polar surface area (TPSA) is 98.7 Å². The third kappa shape index (κ3) is 3.34. The van der Waals surface area contributed by atoms with Crippen LogP contribution in [0.5, 0.6) is 0 Å². The Bertz CT molecular complexity index is 504. The Morgan fingerprint density at radius 3 is 2.70 bits per heavy atom. The van der Waals surface area contributed by atoms with Crippen LogP contribution in [0, 0.1) is 0 Å². The molecule has 1 aliphatic rings. The number of carbonyl (C=O) groups is 2. The third-order valence-electron chi connectivity index (χ3n) is 3.43. The molecule has 0 radical (unpaired) electrons. The number of nitrogens with one attached hydrogen (secondary N) is 2. The summed E-state index contributed by atoms with van der Waals surface area (Å²) >= 11 is 0.